The van der Waals surface area contributed by atoms with E-state index in [9.17, 15) is 21.9 Å². The SMILES string of the molecule is Nc1ccc(S(=O)(=O)O)c2cc(S(=O)(=O)O)cc(O)c12.[LiH]. The van der Waals surface area contributed by atoms with Crippen molar-refractivity contribution in [3.05, 3.63) is 24.3 Å². The summed E-state index contributed by atoms with van der Waals surface area (Å²) in [5.41, 5.74) is 5.56. The molecular weight excluding hydrogens is 317 g/mol. The van der Waals surface area contributed by atoms with Gasteiger partial charge in [0, 0.05) is 22.5 Å². The van der Waals surface area contributed by atoms with Crippen LogP contribution in [0.25, 0.3) is 10.8 Å². The Balaban J connectivity index is 0.00000220. The van der Waals surface area contributed by atoms with E-state index < -0.39 is 35.8 Å². The summed E-state index contributed by atoms with van der Waals surface area (Å²) in [4.78, 5) is -1.36. The molecule has 0 bridgehead atoms. The van der Waals surface area contributed by atoms with Crippen molar-refractivity contribution in [2.75, 3.05) is 5.73 Å². The fourth-order valence-electron chi connectivity index (χ4n) is 1.81. The number of nitrogens with two attached hydrogens (primary N) is 1. The Bertz CT molecular complexity index is 922. The zero-order chi connectivity index (χ0) is 15.3. The predicted octanol–water partition coefficient (Wildman–Crippen LogP) is -0.0275. The van der Waals surface area contributed by atoms with E-state index in [2.05, 4.69) is 0 Å². The molecule has 11 heteroatoms. The second-order valence-electron chi connectivity index (χ2n) is 3.97. The molecule has 8 nitrogen and oxygen atoms in total. The molecule has 0 saturated heterocycles. The van der Waals surface area contributed by atoms with Crippen molar-refractivity contribution in [1.82, 2.24) is 0 Å². The van der Waals surface area contributed by atoms with E-state index in [1.165, 1.54) is 0 Å². The molecule has 2 rings (SSSR count). The van der Waals surface area contributed by atoms with Crippen LogP contribution in [0.1, 0.15) is 0 Å². The van der Waals surface area contributed by atoms with Gasteiger partial charge in [-0.1, -0.05) is 0 Å². The van der Waals surface area contributed by atoms with Gasteiger partial charge in [-0.2, -0.15) is 16.8 Å². The molecule has 0 aromatic heterocycles. The number of hydrogen-bond acceptors (Lipinski definition) is 6. The maximum absolute atomic E-state index is 11.3. The first kappa shape index (κ1) is 17.8. The van der Waals surface area contributed by atoms with Gasteiger partial charge in [-0.3, -0.25) is 9.11 Å². The summed E-state index contributed by atoms with van der Waals surface area (Å²) >= 11 is 0. The van der Waals surface area contributed by atoms with Crippen molar-refractivity contribution in [3.8, 4) is 5.75 Å². The Kier molecular flexibility index (Phi) is 4.64. The molecule has 0 aliphatic rings. The Morgan fingerprint density at radius 2 is 1.52 bits per heavy atom. The molecule has 0 fully saturated rings. The van der Waals surface area contributed by atoms with Crippen LogP contribution in [-0.4, -0.2) is 49.9 Å². The standard InChI is InChI=1S/C10H9NO7S2.Li.H/c11-7-1-2-9(20(16,17)18)6-3-5(19(13,14)15)4-8(12)10(6)7;;/h1-4,12H,11H2,(H,13,14,15)(H,16,17,18);;. The van der Waals surface area contributed by atoms with Crippen molar-refractivity contribution >= 4 is 55.6 Å². The van der Waals surface area contributed by atoms with E-state index in [1.54, 1.807) is 0 Å². The van der Waals surface area contributed by atoms with Crippen molar-refractivity contribution < 1.29 is 31.0 Å². The number of anilines is 1. The fourth-order valence-corrected chi connectivity index (χ4v) is 3.02. The van der Waals surface area contributed by atoms with Crippen molar-refractivity contribution in [1.29, 1.82) is 0 Å². The molecule has 0 aliphatic carbocycles. The number of phenols is 1. The Hall–Kier alpha value is -1.28. The quantitative estimate of drug-likeness (QED) is 0.340. The van der Waals surface area contributed by atoms with Crippen LogP contribution >= 0.6 is 0 Å². The normalized spacial score (nSPS) is 12.1. The molecule has 110 valence electrons. The van der Waals surface area contributed by atoms with Crippen LogP contribution in [0.5, 0.6) is 5.75 Å². The van der Waals surface area contributed by atoms with E-state index in [1.807, 2.05) is 0 Å². The minimum atomic E-state index is -4.67. The topological polar surface area (TPSA) is 155 Å². The number of benzene rings is 2. The second-order valence-corrected chi connectivity index (χ2v) is 6.78. The summed E-state index contributed by atoms with van der Waals surface area (Å²) < 4.78 is 62.7. The molecule has 0 aliphatic heterocycles. The molecule has 0 saturated carbocycles. The second kappa shape index (κ2) is 5.49. The van der Waals surface area contributed by atoms with Gasteiger partial charge in [-0.05, 0) is 18.2 Å². The van der Waals surface area contributed by atoms with Gasteiger partial charge in [0.05, 0.1) is 4.90 Å². The third-order valence-corrected chi connectivity index (χ3v) is 4.38. The number of phenolic OH excluding ortho intramolecular Hbond substituents is 1. The minimum absolute atomic E-state index is 0. The Morgan fingerprint density at radius 1 is 0.952 bits per heavy atom. The molecule has 0 atom stereocenters. The van der Waals surface area contributed by atoms with Crippen molar-refractivity contribution in [2.24, 2.45) is 0 Å². The third-order valence-electron chi connectivity index (χ3n) is 2.64. The van der Waals surface area contributed by atoms with E-state index in [0.717, 1.165) is 24.3 Å². The molecule has 5 N–H and O–H groups in total. The molecular formula is C10H10LiNO7S2. The molecule has 0 amide bonds. The average molecular weight is 327 g/mol. The molecule has 2 aromatic carbocycles. The predicted molar refractivity (Wildman–Crippen MR) is 76.8 cm³/mol. The van der Waals surface area contributed by atoms with Crippen LogP contribution in [-0.2, 0) is 20.2 Å². The summed E-state index contributed by atoms with van der Waals surface area (Å²) in [6.07, 6.45) is 0. The van der Waals surface area contributed by atoms with Gasteiger partial charge < -0.3 is 10.8 Å². The first-order valence-electron chi connectivity index (χ1n) is 5.02. The van der Waals surface area contributed by atoms with Gasteiger partial charge >= 0.3 is 18.9 Å². The third kappa shape index (κ3) is 3.32. The van der Waals surface area contributed by atoms with Gasteiger partial charge in [0.2, 0.25) is 0 Å². The zero-order valence-electron chi connectivity index (χ0n) is 9.68. The van der Waals surface area contributed by atoms with Crippen LogP contribution in [0.15, 0.2) is 34.1 Å². The van der Waals surface area contributed by atoms with Crippen LogP contribution < -0.4 is 5.73 Å². The van der Waals surface area contributed by atoms with E-state index in [0.29, 0.717) is 0 Å². The van der Waals surface area contributed by atoms with E-state index >= 15 is 0 Å². The summed E-state index contributed by atoms with van der Waals surface area (Å²) in [6, 6.07) is 3.62. The van der Waals surface area contributed by atoms with Crippen molar-refractivity contribution in [3.63, 3.8) is 0 Å². The number of fused-ring (bicyclic) bond motifs is 1. The number of nitrogen functional groups attached to an aromatic ring is 1. The van der Waals surface area contributed by atoms with E-state index in [-0.39, 0.29) is 35.3 Å². The van der Waals surface area contributed by atoms with Gasteiger partial charge in [-0.25, -0.2) is 0 Å². The summed E-state index contributed by atoms with van der Waals surface area (Å²) in [7, 11) is -9.34. The Morgan fingerprint density at radius 3 is 2.00 bits per heavy atom. The molecule has 2 aromatic rings. The molecule has 0 heterocycles. The summed E-state index contributed by atoms with van der Waals surface area (Å²) in [5.74, 6) is -0.641. The monoisotopic (exact) mass is 327 g/mol. The molecule has 0 radical (unpaired) electrons. The maximum atomic E-state index is 11.3. The van der Waals surface area contributed by atoms with Crippen LogP contribution in [0, 0.1) is 0 Å². The molecule has 0 spiro atoms. The van der Waals surface area contributed by atoms with Crippen LogP contribution in [0.2, 0.25) is 0 Å². The molecule has 0 unspecified atom stereocenters. The Labute approximate surface area is 132 Å². The van der Waals surface area contributed by atoms with Crippen molar-refractivity contribution in [2.45, 2.75) is 9.79 Å². The first-order chi connectivity index (χ1) is 9.01. The molecule has 21 heavy (non-hydrogen) atoms. The zero-order valence-corrected chi connectivity index (χ0v) is 11.3. The van der Waals surface area contributed by atoms with E-state index in [4.69, 9.17) is 14.8 Å². The average Bonchev–Trinajstić information content (AvgIpc) is 2.25. The fraction of sp³-hybridized carbons (Fsp3) is 0. The van der Waals surface area contributed by atoms with Gasteiger partial charge in [0.25, 0.3) is 20.2 Å². The summed E-state index contributed by atoms with van der Waals surface area (Å²) in [6.45, 7) is 0. The first-order valence-corrected chi connectivity index (χ1v) is 7.90. The van der Waals surface area contributed by atoms with Gasteiger partial charge in [0.1, 0.15) is 10.6 Å². The van der Waals surface area contributed by atoms with Gasteiger partial charge in [-0.15, -0.1) is 0 Å². The number of aromatic hydroxyl groups is 1. The van der Waals surface area contributed by atoms with Gasteiger partial charge in [0.15, 0.2) is 0 Å². The van der Waals surface area contributed by atoms with Crippen LogP contribution in [0.4, 0.5) is 5.69 Å². The van der Waals surface area contributed by atoms with Crippen LogP contribution in [0.3, 0.4) is 0 Å². The number of rotatable bonds is 2. The summed E-state index contributed by atoms with van der Waals surface area (Å²) in [5, 5.41) is 9.29. The number of hydrogen-bond donors (Lipinski definition) is 4.